The molecule has 0 aliphatic heterocycles. The molecule has 0 spiro atoms. The summed E-state index contributed by atoms with van der Waals surface area (Å²) in [5.74, 6) is -0.705. The summed E-state index contributed by atoms with van der Waals surface area (Å²) in [6.07, 6.45) is 0. The number of benzene rings is 1. The molecule has 7 heteroatoms. The van der Waals surface area contributed by atoms with Crippen LogP contribution in [0.5, 0.6) is 0 Å². The lowest BCUT2D eigenvalue weighted by molar-refractivity contribution is -0.142. The molecular weight excluding hydrogens is 278 g/mol. The Balaban J connectivity index is 0. The van der Waals surface area contributed by atoms with E-state index in [1.807, 2.05) is 30.3 Å². The highest BCUT2D eigenvalue weighted by atomic mass is 16.5. The van der Waals surface area contributed by atoms with Crippen molar-refractivity contribution in [3.8, 4) is 0 Å². The molecular formula is C14H23NO6. The van der Waals surface area contributed by atoms with Gasteiger partial charge in [-0.1, -0.05) is 18.2 Å². The summed E-state index contributed by atoms with van der Waals surface area (Å²) in [4.78, 5) is 19.7. The predicted octanol–water partition coefficient (Wildman–Crippen LogP) is 0.352. The van der Waals surface area contributed by atoms with E-state index in [9.17, 15) is 9.59 Å². The number of hydrogen-bond acceptors (Lipinski definition) is 7. The Morgan fingerprint density at radius 2 is 1.33 bits per heavy atom. The van der Waals surface area contributed by atoms with Gasteiger partial charge >= 0.3 is 11.9 Å². The van der Waals surface area contributed by atoms with Crippen LogP contribution >= 0.6 is 0 Å². The zero-order chi connectivity index (χ0) is 16.5. The molecule has 0 saturated heterocycles. The highest BCUT2D eigenvalue weighted by molar-refractivity contribution is 5.66. The van der Waals surface area contributed by atoms with Crippen molar-refractivity contribution in [3.05, 3.63) is 30.3 Å². The van der Waals surface area contributed by atoms with Crippen molar-refractivity contribution in [3.63, 3.8) is 0 Å². The van der Waals surface area contributed by atoms with Gasteiger partial charge in [0, 0.05) is 19.5 Å². The quantitative estimate of drug-likeness (QED) is 0.542. The third-order valence-electron chi connectivity index (χ3n) is 1.59. The maximum absolute atomic E-state index is 9.87. The van der Waals surface area contributed by atoms with Crippen LogP contribution < -0.4 is 5.73 Å². The van der Waals surface area contributed by atoms with Crippen LogP contribution in [0.15, 0.2) is 30.3 Å². The van der Waals surface area contributed by atoms with Gasteiger partial charge in [0.1, 0.15) is 13.2 Å². The first kappa shape index (κ1) is 21.2. The second-order valence-corrected chi connectivity index (χ2v) is 3.54. The van der Waals surface area contributed by atoms with Gasteiger partial charge in [-0.3, -0.25) is 9.59 Å². The topological polar surface area (TPSA) is 119 Å². The molecule has 1 rings (SSSR count). The third kappa shape index (κ3) is 23.4. The van der Waals surface area contributed by atoms with E-state index in [1.165, 1.54) is 13.8 Å². The Labute approximate surface area is 124 Å². The Hall–Kier alpha value is -2.12. The summed E-state index contributed by atoms with van der Waals surface area (Å²) in [5.41, 5.74) is 6.18. The Bertz CT molecular complexity index is 351. The van der Waals surface area contributed by atoms with Crippen LogP contribution in [0.4, 0.5) is 5.69 Å². The van der Waals surface area contributed by atoms with Crippen molar-refractivity contribution in [2.45, 2.75) is 13.8 Å². The molecule has 21 heavy (non-hydrogen) atoms. The zero-order valence-electron chi connectivity index (χ0n) is 12.3. The van der Waals surface area contributed by atoms with Gasteiger partial charge in [0.05, 0.1) is 13.2 Å². The van der Waals surface area contributed by atoms with Crippen LogP contribution in [-0.2, 0) is 19.1 Å². The molecule has 0 aliphatic carbocycles. The van der Waals surface area contributed by atoms with E-state index in [0.717, 1.165) is 5.69 Å². The van der Waals surface area contributed by atoms with Gasteiger partial charge in [-0.25, -0.2) is 0 Å². The first-order valence-electron chi connectivity index (χ1n) is 6.23. The highest BCUT2D eigenvalue weighted by Gasteiger charge is 1.86. The molecule has 0 heterocycles. The van der Waals surface area contributed by atoms with Crippen molar-refractivity contribution < 1.29 is 29.3 Å². The molecule has 7 nitrogen and oxygen atoms in total. The number of aliphatic hydroxyl groups excluding tert-OH is 2. The predicted molar refractivity (Wildman–Crippen MR) is 78.3 cm³/mol. The normalized spacial score (nSPS) is 8.38. The number of aliphatic hydroxyl groups is 2. The number of carbonyl (C=O) groups excluding carboxylic acids is 2. The van der Waals surface area contributed by atoms with Crippen molar-refractivity contribution in [2.24, 2.45) is 0 Å². The lowest BCUT2D eigenvalue weighted by atomic mass is 10.3. The fourth-order valence-electron chi connectivity index (χ4n) is 0.832. The average Bonchev–Trinajstić information content (AvgIpc) is 2.45. The van der Waals surface area contributed by atoms with Crippen LogP contribution in [0.25, 0.3) is 0 Å². The highest BCUT2D eigenvalue weighted by Crippen LogP contribution is 1.95. The Kier molecular flexibility index (Phi) is 16.1. The SMILES string of the molecule is CC(=O)OCCO.CC(=O)OCCO.Nc1ccccc1. The number of ether oxygens (including phenoxy) is 2. The van der Waals surface area contributed by atoms with Crippen LogP contribution in [0.3, 0.4) is 0 Å². The largest absolute Gasteiger partial charge is 0.463 e. The second kappa shape index (κ2) is 15.9. The summed E-state index contributed by atoms with van der Waals surface area (Å²) in [6, 6.07) is 9.49. The number of anilines is 1. The van der Waals surface area contributed by atoms with Crippen LogP contribution in [0.2, 0.25) is 0 Å². The lowest BCUT2D eigenvalue weighted by Gasteiger charge is -1.93. The molecule has 0 unspecified atom stereocenters. The summed E-state index contributed by atoms with van der Waals surface area (Å²) in [5, 5.41) is 16.1. The number of esters is 2. The van der Waals surface area contributed by atoms with Gasteiger partial charge in [-0.05, 0) is 12.1 Å². The number of hydrogen-bond donors (Lipinski definition) is 3. The summed E-state index contributed by atoms with van der Waals surface area (Å²) < 4.78 is 8.60. The second-order valence-electron chi connectivity index (χ2n) is 3.54. The van der Waals surface area contributed by atoms with Crippen LogP contribution in [0, 0.1) is 0 Å². The van der Waals surface area contributed by atoms with E-state index >= 15 is 0 Å². The molecule has 0 fully saturated rings. The molecule has 0 aliphatic rings. The molecule has 1 aromatic carbocycles. The van der Waals surface area contributed by atoms with E-state index in [1.54, 1.807) is 0 Å². The Morgan fingerprint density at radius 1 is 0.952 bits per heavy atom. The molecule has 0 aromatic heterocycles. The van der Waals surface area contributed by atoms with Crippen molar-refractivity contribution >= 4 is 17.6 Å². The van der Waals surface area contributed by atoms with E-state index in [4.69, 9.17) is 15.9 Å². The van der Waals surface area contributed by atoms with Gasteiger partial charge in [0.2, 0.25) is 0 Å². The average molecular weight is 301 g/mol. The standard InChI is InChI=1S/C6H7N.2C4H8O3/c7-6-4-2-1-3-5-6;2*1-4(6)7-3-2-5/h1-5H,7H2;2*5H,2-3H2,1H3. The molecule has 0 atom stereocenters. The molecule has 4 N–H and O–H groups in total. The van der Waals surface area contributed by atoms with E-state index in [-0.39, 0.29) is 38.4 Å². The minimum absolute atomic E-state index is 0.0976. The number of nitrogen functional groups attached to an aromatic ring is 1. The summed E-state index contributed by atoms with van der Waals surface area (Å²) in [6.45, 7) is 2.62. The molecule has 1 aromatic rings. The number of para-hydroxylation sites is 1. The number of rotatable bonds is 4. The van der Waals surface area contributed by atoms with E-state index in [2.05, 4.69) is 9.47 Å². The minimum atomic E-state index is -0.353. The molecule has 120 valence electrons. The molecule has 0 amide bonds. The van der Waals surface area contributed by atoms with E-state index < -0.39 is 0 Å². The van der Waals surface area contributed by atoms with Gasteiger partial charge in [-0.15, -0.1) is 0 Å². The smallest absolute Gasteiger partial charge is 0.302 e. The monoisotopic (exact) mass is 301 g/mol. The minimum Gasteiger partial charge on any atom is -0.463 e. The first-order chi connectivity index (χ1) is 9.93. The van der Waals surface area contributed by atoms with Gasteiger partial charge in [0.15, 0.2) is 0 Å². The lowest BCUT2D eigenvalue weighted by Crippen LogP contribution is -2.03. The summed E-state index contributed by atoms with van der Waals surface area (Å²) >= 11 is 0. The fraction of sp³-hybridized carbons (Fsp3) is 0.429. The van der Waals surface area contributed by atoms with Crippen molar-refractivity contribution in [1.29, 1.82) is 0 Å². The number of carbonyl (C=O) groups is 2. The fourth-order valence-corrected chi connectivity index (χ4v) is 0.832. The Morgan fingerprint density at radius 3 is 1.48 bits per heavy atom. The van der Waals surface area contributed by atoms with Crippen molar-refractivity contribution in [2.75, 3.05) is 32.2 Å². The molecule has 0 saturated carbocycles. The summed E-state index contributed by atoms with van der Waals surface area (Å²) in [7, 11) is 0. The first-order valence-corrected chi connectivity index (χ1v) is 6.23. The van der Waals surface area contributed by atoms with E-state index in [0.29, 0.717) is 0 Å². The van der Waals surface area contributed by atoms with Gasteiger partial charge in [-0.2, -0.15) is 0 Å². The molecule has 0 bridgehead atoms. The zero-order valence-corrected chi connectivity index (χ0v) is 12.3. The van der Waals surface area contributed by atoms with Crippen LogP contribution in [-0.4, -0.2) is 48.6 Å². The maximum atomic E-state index is 9.87. The van der Waals surface area contributed by atoms with Crippen LogP contribution in [0.1, 0.15) is 13.8 Å². The molecule has 0 radical (unpaired) electrons. The van der Waals surface area contributed by atoms with Gasteiger partial charge < -0.3 is 25.4 Å². The van der Waals surface area contributed by atoms with Crippen molar-refractivity contribution in [1.82, 2.24) is 0 Å². The third-order valence-corrected chi connectivity index (χ3v) is 1.59. The van der Waals surface area contributed by atoms with Gasteiger partial charge in [0.25, 0.3) is 0 Å². The number of nitrogens with two attached hydrogens (primary N) is 1. The maximum Gasteiger partial charge on any atom is 0.302 e.